The minimum absolute atomic E-state index is 0.00231. The third kappa shape index (κ3) is 2.83. The highest BCUT2D eigenvalue weighted by Crippen LogP contribution is 2.19. The fourth-order valence-corrected chi connectivity index (χ4v) is 1.40. The summed E-state index contributed by atoms with van der Waals surface area (Å²) < 4.78 is 0. The van der Waals surface area contributed by atoms with Crippen molar-refractivity contribution in [1.29, 1.82) is 0 Å². The molecule has 0 aromatic heterocycles. The molecule has 0 spiro atoms. The van der Waals surface area contributed by atoms with Gasteiger partial charge in [-0.15, -0.1) is 0 Å². The van der Waals surface area contributed by atoms with Crippen molar-refractivity contribution < 1.29 is 19.5 Å². The lowest BCUT2D eigenvalue weighted by atomic mass is 10.1. The van der Waals surface area contributed by atoms with Crippen molar-refractivity contribution in [2.24, 2.45) is 5.10 Å². The van der Waals surface area contributed by atoms with Crippen molar-refractivity contribution in [2.45, 2.75) is 32.7 Å². The SMILES string of the molecule is CC1(C)C(=O)NC(=O)N1CO.CC1=NNC(=O)C1. The number of nitrogens with one attached hydrogen (secondary N) is 2. The molecule has 1 fully saturated rings. The van der Waals surface area contributed by atoms with E-state index in [4.69, 9.17) is 5.11 Å². The molecule has 18 heavy (non-hydrogen) atoms. The largest absolute Gasteiger partial charge is 0.376 e. The fraction of sp³-hybridized carbons (Fsp3) is 0.600. The summed E-state index contributed by atoms with van der Waals surface area (Å²) in [5.41, 5.74) is 2.26. The Labute approximate surface area is 104 Å². The number of hydrogen-bond donors (Lipinski definition) is 3. The molecule has 0 aliphatic carbocycles. The summed E-state index contributed by atoms with van der Waals surface area (Å²) >= 11 is 0. The van der Waals surface area contributed by atoms with E-state index < -0.39 is 18.3 Å². The molecule has 1 saturated heterocycles. The molecule has 2 heterocycles. The van der Waals surface area contributed by atoms with E-state index in [9.17, 15) is 14.4 Å². The zero-order valence-corrected chi connectivity index (χ0v) is 10.5. The van der Waals surface area contributed by atoms with Crippen LogP contribution in [0.5, 0.6) is 0 Å². The predicted molar refractivity (Wildman–Crippen MR) is 62.4 cm³/mol. The number of rotatable bonds is 1. The maximum Gasteiger partial charge on any atom is 0.326 e. The summed E-state index contributed by atoms with van der Waals surface area (Å²) in [6, 6.07) is -0.539. The molecule has 0 aromatic rings. The van der Waals surface area contributed by atoms with Crippen molar-refractivity contribution in [3.63, 3.8) is 0 Å². The number of aliphatic hydroxyl groups excluding tert-OH is 1. The van der Waals surface area contributed by atoms with Crippen molar-refractivity contribution in [3.05, 3.63) is 0 Å². The lowest BCUT2D eigenvalue weighted by Crippen LogP contribution is -2.44. The fourth-order valence-electron chi connectivity index (χ4n) is 1.40. The van der Waals surface area contributed by atoms with Crippen LogP contribution < -0.4 is 10.7 Å². The Morgan fingerprint density at radius 2 is 2.00 bits per heavy atom. The van der Waals surface area contributed by atoms with E-state index in [1.165, 1.54) is 0 Å². The molecule has 2 aliphatic rings. The van der Waals surface area contributed by atoms with Gasteiger partial charge in [0.05, 0.1) is 6.42 Å². The van der Waals surface area contributed by atoms with E-state index in [-0.39, 0.29) is 11.8 Å². The van der Waals surface area contributed by atoms with Crippen LogP contribution >= 0.6 is 0 Å². The average molecular weight is 256 g/mol. The van der Waals surface area contributed by atoms with Gasteiger partial charge in [-0.25, -0.2) is 10.2 Å². The number of aliphatic hydroxyl groups is 1. The normalized spacial score (nSPS) is 21.0. The monoisotopic (exact) mass is 256 g/mol. The molecule has 0 bridgehead atoms. The van der Waals surface area contributed by atoms with Gasteiger partial charge in [-0.3, -0.25) is 19.8 Å². The van der Waals surface area contributed by atoms with Crippen LogP contribution in [0.1, 0.15) is 27.2 Å². The Bertz CT molecular complexity index is 416. The van der Waals surface area contributed by atoms with Gasteiger partial charge in [0.2, 0.25) is 5.91 Å². The quantitative estimate of drug-likeness (QED) is 0.530. The van der Waals surface area contributed by atoms with Gasteiger partial charge in [0.1, 0.15) is 12.3 Å². The molecule has 0 aromatic carbocycles. The Morgan fingerprint density at radius 3 is 2.17 bits per heavy atom. The number of imide groups is 1. The smallest absolute Gasteiger partial charge is 0.326 e. The van der Waals surface area contributed by atoms with Gasteiger partial charge >= 0.3 is 6.03 Å². The molecule has 0 atom stereocenters. The summed E-state index contributed by atoms with van der Waals surface area (Å²) in [5.74, 6) is -0.381. The second-order valence-electron chi connectivity index (χ2n) is 4.45. The maximum atomic E-state index is 11.0. The van der Waals surface area contributed by atoms with Crippen LogP contribution in [0.15, 0.2) is 5.10 Å². The van der Waals surface area contributed by atoms with Crippen LogP contribution in [-0.4, -0.2) is 45.8 Å². The van der Waals surface area contributed by atoms with Crippen molar-refractivity contribution in [3.8, 4) is 0 Å². The van der Waals surface area contributed by atoms with Crippen LogP contribution in [0.3, 0.4) is 0 Å². The van der Waals surface area contributed by atoms with Crippen LogP contribution in [0.4, 0.5) is 4.79 Å². The topological polar surface area (TPSA) is 111 Å². The number of urea groups is 1. The number of nitrogens with zero attached hydrogens (tertiary/aromatic N) is 2. The van der Waals surface area contributed by atoms with E-state index in [1.807, 2.05) is 6.92 Å². The molecular weight excluding hydrogens is 240 g/mol. The molecule has 0 unspecified atom stereocenters. The number of carbonyl (C=O) groups excluding carboxylic acids is 3. The van der Waals surface area contributed by atoms with Gasteiger partial charge in [0.15, 0.2) is 0 Å². The molecule has 100 valence electrons. The molecule has 0 radical (unpaired) electrons. The summed E-state index contributed by atoms with van der Waals surface area (Å²) in [4.78, 5) is 33.1. The molecule has 3 N–H and O–H groups in total. The van der Waals surface area contributed by atoms with Gasteiger partial charge in [-0.2, -0.15) is 5.10 Å². The van der Waals surface area contributed by atoms with Crippen molar-refractivity contribution in [2.75, 3.05) is 6.73 Å². The summed E-state index contributed by atoms with van der Waals surface area (Å²) in [6.45, 7) is 4.52. The van der Waals surface area contributed by atoms with Crippen LogP contribution in [0.2, 0.25) is 0 Å². The molecule has 2 aliphatic heterocycles. The van der Waals surface area contributed by atoms with E-state index in [0.29, 0.717) is 6.42 Å². The third-order valence-corrected chi connectivity index (χ3v) is 2.63. The minimum Gasteiger partial charge on any atom is -0.376 e. The standard InChI is InChI=1S/C6H10N2O3.C4H6N2O/c1-6(2)4(10)7-5(11)8(6)3-9;1-3-2-4(7)6-5-3/h9H,3H2,1-2H3,(H,7,10,11);2H2,1H3,(H,6,7). The molecule has 4 amide bonds. The van der Waals surface area contributed by atoms with E-state index in [2.05, 4.69) is 15.8 Å². The van der Waals surface area contributed by atoms with Gasteiger partial charge < -0.3 is 5.11 Å². The summed E-state index contributed by atoms with van der Waals surface area (Å²) in [5, 5.41) is 14.4. The Morgan fingerprint density at radius 1 is 1.39 bits per heavy atom. The second-order valence-corrected chi connectivity index (χ2v) is 4.45. The second kappa shape index (κ2) is 5.13. The van der Waals surface area contributed by atoms with Gasteiger partial charge in [0, 0.05) is 5.71 Å². The highest BCUT2D eigenvalue weighted by Gasteiger charge is 2.44. The number of hydrazone groups is 1. The van der Waals surface area contributed by atoms with E-state index in [1.54, 1.807) is 13.8 Å². The van der Waals surface area contributed by atoms with Gasteiger partial charge in [-0.1, -0.05) is 0 Å². The maximum absolute atomic E-state index is 11.0. The van der Waals surface area contributed by atoms with Gasteiger partial charge in [0.25, 0.3) is 5.91 Å². The highest BCUT2D eigenvalue weighted by molar-refractivity contribution is 6.06. The first-order valence-corrected chi connectivity index (χ1v) is 5.35. The summed E-state index contributed by atoms with van der Waals surface area (Å²) in [6.07, 6.45) is 0.472. The molecule has 2 rings (SSSR count). The lowest BCUT2D eigenvalue weighted by molar-refractivity contribution is -0.126. The van der Waals surface area contributed by atoms with E-state index >= 15 is 0 Å². The molecule has 0 saturated carbocycles. The van der Waals surface area contributed by atoms with Gasteiger partial charge in [-0.05, 0) is 20.8 Å². The lowest BCUT2D eigenvalue weighted by Gasteiger charge is -2.24. The van der Waals surface area contributed by atoms with E-state index in [0.717, 1.165) is 10.6 Å². The zero-order valence-electron chi connectivity index (χ0n) is 10.5. The third-order valence-electron chi connectivity index (χ3n) is 2.63. The molecule has 8 heteroatoms. The average Bonchev–Trinajstić information content (AvgIpc) is 2.71. The molecule has 8 nitrogen and oxygen atoms in total. The first-order chi connectivity index (χ1) is 8.28. The van der Waals surface area contributed by atoms with Crippen LogP contribution in [0, 0.1) is 0 Å². The summed E-state index contributed by atoms with van der Waals surface area (Å²) in [7, 11) is 0. The Hall–Kier alpha value is -1.96. The first kappa shape index (κ1) is 14.1. The number of amides is 4. The van der Waals surface area contributed by atoms with Crippen molar-refractivity contribution >= 4 is 23.6 Å². The zero-order chi connectivity index (χ0) is 13.9. The highest BCUT2D eigenvalue weighted by atomic mass is 16.3. The van der Waals surface area contributed by atoms with Crippen LogP contribution in [0.25, 0.3) is 0 Å². The number of carbonyl (C=O) groups is 3. The minimum atomic E-state index is -0.925. The van der Waals surface area contributed by atoms with Crippen molar-refractivity contribution in [1.82, 2.24) is 15.6 Å². The predicted octanol–water partition coefficient (Wildman–Crippen LogP) is -0.851. The first-order valence-electron chi connectivity index (χ1n) is 5.35. The Balaban J connectivity index is 0.000000199. The Kier molecular flexibility index (Phi) is 4.02. The van der Waals surface area contributed by atoms with Crippen LogP contribution in [-0.2, 0) is 9.59 Å². The molecular formula is C10H16N4O4. The number of hydrogen-bond acceptors (Lipinski definition) is 5.